The highest BCUT2D eigenvalue weighted by molar-refractivity contribution is 6.30. The van der Waals surface area contributed by atoms with Crippen LogP contribution in [-0.4, -0.2) is 56.8 Å². The summed E-state index contributed by atoms with van der Waals surface area (Å²) in [6.45, 7) is 7.51. The predicted octanol–water partition coefficient (Wildman–Crippen LogP) is 3.46. The number of ether oxygens (including phenoxy) is 2. The molecule has 0 saturated carbocycles. The molecule has 2 aromatic rings. The van der Waals surface area contributed by atoms with Gasteiger partial charge in [0.15, 0.2) is 0 Å². The van der Waals surface area contributed by atoms with Crippen LogP contribution in [0.3, 0.4) is 0 Å². The summed E-state index contributed by atoms with van der Waals surface area (Å²) in [4.78, 5) is 15.1. The van der Waals surface area contributed by atoms with E-state index in [1.807, 2.05) is 30.3 Å². The van der Waals surface area contributed by atoms with E-state index in [4.69, 9.17) is 21.1 Å². The third-order valence-electron chi connectivity index (χ3n) is 6.26. The van der Waals surface area contributed by atoms with Crippen molar-refractivity contribution in [3.8, 4) is 5.75 Å². The molecule has 3 rings (SSSR count). The molecule has 1 heterocycles. The van der Waals surface area contributed by atoms with E-state index >= 15 is 0 Å². The fraction of sp³-hybridized carbons (Fsp3) is 0.480. The molecule has 0 bridgehead atoms. The number of likely N-dealkylation sites (tertiary alicyclic amines) is 1. The Kier molecular flexibility index (Phi) is 8.93. The average molecular weight is 460 g/mol. The van der Waals surface area contributed by atoms with Crippen LogP contribution in [0.5, 0.6) is 5.75 Å². The van der Waals surface area contributed by atoms with E-state index in [1.54, 1.807) is 14.2 Å². The Morgan fingerprint density at radius 3 is 2.56 bits per heavy atom. The second-order valence-electron chi connectivity index (χ2n) is 8.35. The van der Waals surface area contributed by atoms with Crippen LogP contribution in [0.15, 0.2) is 36.4 Å². The lowest BCUT2D eigenvalue weighted by Gasteiger charge is -2.23. The van der Waals surface area contributed by atoms with Crippen molar-refractivity contribution in [3.63, 3.8) is 0 Å². The van der Waals surface area contributed by atoms with Crippen LogP contribution >= 0.6 is 11.6 Å². The van der Waals surface area contributed by atoms with Gasteiger partial charge in [0.25, 0.3) is 0 Å². The van der Waals surface area contributed by atoms with Crippen LogP contribution < -0.4 is 15.4 Å². The third-order valence-corrected chi connectivity index (χ3v) is 6.51. The predicted molar refractivity (Wildman–Crippen MR) is 128 cm³/mol. The second kappa shape index (κ2) is 11.7. The first-order valence-electron chi connectivity index (χ1n) is 11.0. The van der Waals surface area contributed by atoms with Crippen LogP contribution in [-0.2, 0) is 22.6 Å². The molecule has 1 amide bonds. The number of rotatable bonds is 10. The monoisotopic (exact) mass is 459 g/mol. The number of hydrogen-bond acceptors (Lipinski definition) is 5. The summed E-state index contributed by atoms with van der Waals surface area (Å²) in [5.74, 6) is 0.964. The lowest BCUT2D eigenvalue weighted by atomic mass is 10.0. The Morgan fingerprint density at radius 2 is 1.88 bits per heavy atom. The highest BCUT2D eigenvalue weighted by atomic mass is 35.5. The molecule has 2 atom stereocenters. The normalized spacial score (nSPS) is 18.7. The molecule has 32 heavy (non-hydrogen) atoms. The summed E-state index contributed by atoms with van der Waals surface area (Å²) in [7, 11) is 3.34. The van der Waals surface area contributed by atoms with E-state index in [1.165, 1.54) is 11.1 Å². The molecule has 2 N–H and O–H groups in total. The van der Waals surface area contributed by atoms with Crippen LogP contribution in [0.1, 0.15) is 28.7 Å². The molecule has 7 heteroatoms. The first kappa shape index (κ1) is 24.5. The molecule has 2 aromatic carbocycles. The van der Waals surface area contributed by atoms with E-state index < -0.39 is 0 Å². The fourth-order valence-corrected chi connectivity index (χ4v) is 4.36. The van der Waals surface area contributed by atoms with Gasteiger partial charge in [0.05, 0.1) is 19.8 Å². The number of carbonyl (C=O) groups is 1. The maximum atomic E-state index is 12.9. The first-order chi connectivity index (χ1) is 15.4. The van der Waals surface area contributed by atoms with E-state index in [-0.39, 0.29) is 18.0 Å². The summed E-state index contributed by atoms with van der Waals surface area (Å²) >= 11 is 6.04. The molecule has 1 fully saturated rings. The largest absolute Gasteiger partial charge is 0.496 e. The van der Waals surface area contributed by atoms with E-state index in [0.29, 0.717) is 24.7 Å². The van der Waals surface area contributed by atoms with Crippen molar-refractivity contribution in [3.05, 3.63) is 63.7 Å². The molecule has 0 radical (unpaired) electrons. The lowest BCUT2D eigenvalue weighted by Crippen LogP contribution is -2.43. The average Bonchev–Trinajstić information content (AvgIpc) is 3.19. The van der Waals surface area contributed by atoms with Gasteiger partial charge < -0.3 is 20.1 Å². The number of halogens is 1. The van der Waals surface area contributed by atoms with Crippen molar-refractivity contribution in [2.24, 2.45) is 0 Å². The minimum atomic E-state index is -0.182. The molecule has 1 saturated heterocycles. The molecule has 1 aliphatic rings. The van der Waals surface area contributed by atoms with Gasteiger partial charge in [-0.3, -0.25) is 9.69 Å². The standard InChI is InChI=1S/C25H34ClN3O3/c1-17-18(2)24(32-4)10-7-20(17)14-28-22-13-23(25(30)27-11-12-31-3)29(16-22)15-19-5-8-21(26)9-6-19/h5-10,22-23,28H,11-16H2,1-4H3,(H,27,30)/t22-,23-/m0/s1. The van der Waals surface area contributed by atoms with Crippen molar-refractivity contribution < 1.29 is 14.3 Å². The van der Waals surface area contributed by atoms with Crippen molar-refractivity contribution in [2.45, 2.75) is 45.4 Å². The fourth-order valence-electron chi connectivity index (χ4n) is 4.24. The smallest absolute Gasteiger partial charge is 0.237 e. The van der Waals surface area contributed by atoms with Crippen LogP contribution in [0.25, 0.3) is 0 Å². The molecule has 174 valence electrons. The van der Waals surface area contributed by atoms with E-state index in [0.717, 1.165) is 36.4 Å². The Morgan fingerprint density at radius 1 is 1.12 bits per heavy atom. The van der Waals surface area contributed by atoms with Gasteiger partial charge in [-0.25, -0.2) is 0 Å². The maximum absolute atomic E-state index is 12.9. The Bertz CT molecular complexity index is 904. The number of nitrogens with one attached hydrogen (secondary N) is 2. The van der Waals surface area contributed by atoms with Gasteiger partial charge in [0, 0.05) is 44.4 Å². The maximum Gasteiger partial charge on any atom is 0.237 e. The third kappa shape index (κ3) is 6.23. The van der Waals surface area contributed by atoms with Crippen molar-refractivity contribution in [1.82, 2.24) is 15.5 Å². The van der Waals surface area contributed by atoms with Gasteiger partial charge in [-0.2, -0.15) is 0 Å². The minimum Gasteiger partial charge on any atom is -0.496 e. The molecule has 0 spiro atoms. The highest BCUT2D eigenvalue weighted by Crippen LogP contribution is 2.25. The topological polar surface area (TPSA) is 62.8 Å². The van der Waals surface area contributed by atoms with Gasteiger partial charge >= 0.3 is 0 Å². The number of amides is 1. The molecule has 1 aliphatic heterocycles. The molecule has 0 aliphatic carbocycles. The SMILES string of the molecule is COCCNC(=O)[C@@H]1C[C@H](NCc2ccc(OC)c(C)c2C)CN1Cc1ccc(Cl)cc1. The van der Waals surface area contributed by atoms with Crippen LogP contribution in [0.4, 0.5) is 0 Å². The number of hydrogen-bond donors (Lipinski definition) is 2. The summed E-state index contributed by atoms with van der Waals surface area (Å²) < 4.78 is 10.5. The zero-order chi connectivity index (χ0) is 23.1. The van der Waals surface area contributed by atoms with E-state index in [9.17, 15) is 4.79 Å². The first-order valence-corrected chi connectivity index (χ1v) is 11.4. The van der Waals surface area contributed by atoms with E-state index in [2.05, 4.69) is 35.4 Å². The van der Waals surface area contributed by atoms with Crippen LogP contribution in [0, 0.1) is 13.8 Å². The zero-order valence-electron chi connectivity index (χ0n) is 19.4. The van der Waals surface area contributed by atoms with Gasteiger partial charge in [0.2, 0.25) is 5.91 Å². The van der Waals surface area contributed by atoms with Gasteiger partial charge in [-0.15, -0.1) is 0 Å². The number of benzene rings is 2. The molecular formula is C25H34ClN3O3. The van der Waals surface area contributed by atoms with Crippen LogP contribution in [0.2, 0.25) is 5.02 Å². The summed E-state index contributed by atoms with van der Waals surface area (Å²) in [5, 5.41) is 7.39. The lowest BCUT2D eigenvalue weighted by molar-refractivity contribution is -0.125. The van der Waals surface area contributed by atoms with Gasteiger partial charge in [-0.05, 0) is 60.7 Å². The zero-order valence-corrected chi connectivity index (χ0v) is 20.2. The second-order valence-corrected chi connectivity index (χ2v) is 8.78. The molecule has 0 unspecified atom stereocenters. The quantitative estimate of drug-likeness (QED) is 0.533. The van der Waals surface area contributed by atoms with Crippen molar-refractivity contribution in [2.75, 3.05) is 33.9 Å². The molecular weight excluding hydrogens is 426 g/mol. The Hall–Kier alpha value is -2.12. The summed E-state index contributed by atoms with van der Waals surface area (Å²) in [6, 6.07) is 12.0. The van der Waals surface area contributed by atoms with Gasteiger partial charge in [0.1, 0.15) is 5.75 Å². The summed E-state index contributed by atoms with van der Waals surface area (Å²) in [6.07, 6.45) is 0.764. The Labute approximate surface area is 196 Å². The summed E-state index contributed by atoms with van der Waals surface area (Å²) in [5.41, 5.74) is 4.80. The number of carbonyl (C=O) groups excluding carboxylic acids is 1. The van der Waals surface area contributed by atoms with Gasteiger partial charge in [-0.1, -0.05) is 29.8 Å². The number of methoxy groups -OCH3 is 2. The van der Waals surface area contributed by atoms with Crippen molar-refractivity contribution >= 4 is 17.5 Å². The molecule has 6 nitrogen and oxygen atoms in total. The molecule has 0 aromatic heterocycles. The number of nitrogens with zero attached hydrogens (tertiary/aromatic N) is 1. The minimum absolute atomic E-state index is 0.0526. The highest BCUT2D eigenvalue weighted by Gasteiger charge is 2.36. The Balaban J connectivity index is 1.67. The van der Waals surface area contributed by atoms with Crippen molar-refractivity contribution in [1.29, 1.82) is 0 Å².